The smallest absolute Gasteiger partial charge is 0.360 e. The van der Waals surface area contributed by atoms with E-state index >= 15 is 0 Å². The van der Waals surface area contributed by atoms with Crippen LogP contribution < -0.4 is 5.43 Å². The normalized spacial score (nSPS) is 10.8. The maximum absolute atomic E-state index is 12.0. The number of benzene rings is 1. The minimum absolute atomic E-state index is 0.401. The average Bonchev–Trinajstić information content (AvgIpc) is 2.90. The number of nitrogens with zero attached hydrogens (tertiary/aromatic N) is 2. The summed E-state index contributed by atoms with van der Waals surface area (Å²) in [6, 6.07) is 9.27. The van der Waals surface area contributed by atoms with Gasteiger partial charge in [-0.3, -0.25) is 4.79 Å². The Morgan fingerprint density at radius 1 is 1.25 bits per heavy atom. The zero-order valence-corrected chi connectivity index (χ0v) is 11.3. The molecule has 0 unspecified atom stereocenters. The second-order valence-electron chi connectivity index (χ2n) is 4.37. The predicted molar refractivity (Wildman–Crippen MR) is 76.9 cm³/mol. The van der Waals surface area contributed by atoms with Gasteiger partial charge in [0.15, 0.2) is 0 Å². The van der Waals surface area contributed by atoms with Crippen molar-refractivity contribution in [3.63, 3.8) is 0 Å². The molecule has 0 bridgehead atoms. The summed E-state index contributed by atoms with van der Waals surface area (Å²) in [5.41, 5.74) is 1.44. The van der Waals surface area contributed by atoms with Gasteiger partial charge in [-0.2, -0.15) is 5.10 Å². The number of aromatic carboxylic acids is 1. The monoisotopic (exact) mass is 286 g/mol. The summed E-state index contributed by atoms with van der Waals surface area (Å²) in [5, 5.41) is 14.8. The highest BCUT2D eigenvalue weighted by Crippen LogP contribution is 2.20. The number of aromatic nitrogens is 2. The van der Waals surface area contributed by atoms with Crippen LogP contribution in [0, 0.1) is 6.92 Å². The first kappa shape index (κ1) is 12.6. The maximum atomic E-state index is 12.0. The van der Waals surface area contributed by atoms with Gasteiger partial charge in [0.05, 0.1) is 11.2 Å². The zero-order chi connectivity index (χ0) is 14.3. The molecule has 6 heteroatoms. The number of hydrogen-bond acceptors (Lipinski definition) is 4. The first-order valence-corrected chi connectivity index (χ1v) is 6.77. The van der Waals surface area contributed by atoms with E-state index in [1.165, 1.54) is 16.0 Å². The highest BCUT2D eigenvalue weighted by Gasteiger charge is 2.17. The standard InChI is InChI=1S/C14H10N2O3S/c1-8-2-4-9(5-3-8)16-10-6-7-20-13(10)12(17)11(15-16)14(18)19/h2-7H,1H3,(H,18,19). The van der Waals surface area contributed by atoms with Gasteiger partial charge in [-0.05, 0) is 30.5 Å². The molecule has 0 aliphatic rings. The molecule has 0 radical (unpaired) electrons. The van der Waals surface area contributed by atoms with Crippen LogP contribution in [-0.4, -0.2) is 20.9 Å². The third kappa shape index (κ3) is 1.90. The van der Waals surface area contributed by atoms with Gasteiger partial charge in [0, 0.05) is 0 Å². The molecule has 1 aromatic carbocycles. The molecular weight excluding hydrogens is 276 g/mol. The molecule has 0 aliphatic carbocycles. The van der Waals surface area contributed by atoms with E-state index in [0.29, 0.717) is 10.2 Å². The lowest BCUT2D eigenvalue weighted by atomic mass is 10.2. The lowest BCUT2D eigenvalue weighted by Crippen LogP contribution is -2.21. The van der Waals surface area contributed by atoms with E-state index in [4.69, 9.17) is 5.11 Å². The average molecular weight is 286 g/mol. The molecule has 1 N–H and O–H groups in total. The van der Waals surface area contributed by atoms with Crippen LogP contribution in [0.4, 0.5) is 0 Å². The summed E-state index contributed by atoms with van der Waals surface area (Å²) in [6.45, 7) is 1.96. The molecular formula is C14H10N2O3S. The third-order valence-corrected chi connectivity index (χ3v) is 3.88. The lowest BCUT2D eigenvalue weighted by Gasteiger charge is -2.08. The van der Waals surface area contributed by atoms with E-state index in [1.807, 2.05) is 31.2 Å². The predicted octanol–water partition coefficient (Wildman–Crippen LogP) is 2.45. The van der Waals surface area contributed by atoms with Crippen molar-refractivity contribution in [2.75, 3.05) is 0 Å². The lowest BCUT2D eigenvalue weighted by molar-refractivity contribution is 0.0687. The molecule has 0 spiro atoms. The number of fused-ring (bicyclic) bond motifs is 1. The SMILES string of the molecule is Cc1ccc(-n2nc(C(=O)O)c(=O)c3sccc32)cc1. The second kappa shape index (κ2) is 4.57. The Morgan fingerprint density at radius 2 is 1.95 bits per heavy atom. The Balaban J connectivity index is 2.37. The number of carboxylic acids is 1. The molecule has 3 aromatic rings. The number of aryl methyl sites for hydroxylation is 1. The number of thiophene rings is 1. The van der Waals surface area contributed by atoms with Gasteiger partial charge in [-0.15, -0.1) is 11.3 Å². The summed E-state index contributed by atoms with van der Waals surface area (Å²) < 4.78 is 1.90. The van der Waals surface area contributed by atoms with Crippen molar-refractivity contribution in [3.8, 4) is 5.69 Å². The molecule has 0 amide bonds. The summed E-state index contributed by atoms with van der Waals surface area (Å²) in [6.07, 6.45) is 0. The number of rotatable bonds is 2. The Bertz CT molecular complexity index is 862. The van der Waals surface area contributed by atoms with Crippen LogP contribution in [0.5, 0.6) is 0 Å². The number of carboxylic acid groups (broad SMARTS) is 1. The molecule has 2 heterocycles. The first-order valence-electron chi connectivity index (χ1n) is 5.89. The van der Waals surface area contributed by atoms with E-state index in [2.05, 4.69) is 5.10 Å². The van der Waals surface area contributed by atoms with E-state index in [9.17, 15) is 9.59 Å². The molecule has 0 saturated carbocycles. The van der Waals surface area contributed by atoms with E-state index in [0.717, 1.165) is 11.3 Å². The number of hydrogen-bond donors (Lipinski definition) is 1. The first-order chi connectivity index (χ1) is 9.58. The van der Waals surface area contributed by atoms with Crippen LogP contribution in [0.3, 0.4) is 0 Å². The second-order valence-corrected chi connectivity index (χ2v) is 5.28. The van der Waals surface area contributed by atoms with Crippen LogP contribution in [0.15, 0.2) is 40.5 Å². The molecule has 2 aromatic heterocycles. The summed E-state index contributed by atoms with van der Waals surface area (Å²) in [7, 11) is 0. The van der Waals surface area contributed by atoms with Crippen LogP contribution in [0.1, 0.15) is 16.1 Å². The molecule has 20 heavy (non-hydrogen) atoms. The van der Waals surface area contributed by atoms with Crippen molar-refractivity contribution in [3.05, 3.63) is 57.2 Å². The van der Waals surface area contributed by atoms with E-state index < -0.39 is 17.1 Å². The van der Waals surface area contributed by atoms with Crippen molar-refractivity contribution < 1.29 is 9.90 Å². The Kier molecular flexibility index (Phi) is 2.87. The summed E-state index contributed by atoms with van der Waals surface area (Å²) in [4.78, 5) is 23.2. The number of carbonyl (C=O) groups is 1. The van der Waals surface area contributed by atoms with E-state index in [1.54, 1.807) is 11.4 Å². The van der Waals surface area contributed by atoms with Gasteiger partial charge in [-0.1, -0.05) is 17.7 Å². The van der Waals surface area contributed by atoms with Gasteiger partial charge < -0.3 is 5.11 Å². The molecule has 5 nitrogen and oxygen atoms in total. The summed E-state index contributed by atoms with van der Waals surface area (Å²) >= 11 is 1.22. The molecule has 0 atom stereocenters. The van der Waals surface area contributed by atoms with Gasteiger partial charge in [0.1, 0.15) is 4.70 Å². The van der Waals surface area contributed by atoms with Gasteiger partial charge in [0.25, 0.3) is 0 Å². The van der Waals surface area contributed by atoms with Crippen LogP contribution >= 0.6 is 11.3 Å². The van der Waals surface area contributed by atoms with Crippen molar-refractivity contribution in [2.24, 2.45) is 0 Å². The maximum Gasteiger partial charge on any atom is 0.360 e. The highest BCUT2D eigenvalue weighted by molar-refractivity contribution is 7.17. The van der Waals surface area contributed by atoms with Gasteiger partial charge >= 0.3 is 5.97 Å². The van der Waals surface area contributed by atoms with Gasteiger partial charge in [0.2, 0.25) is 11.1 Å². The minimum Gasteiger partial charge on any atom is -0.476 e. The largest absolute Gasteiger partial charge is 0.476 e. The zero-order valence-electron chi connectivity index (χ0n) is 10.5. The molecule has 100 valence electrons. The molecule has 0 fully saturated rings. The van der Waals surface area contributed by atoms with Gasteiger partial charge in [-0.25, -0.2) is 9.48 Å². The van der Waals surface area contributed by atoms with Crippen LogP contribution in [0.25, 0.3) is 15.9 Å². The molecule has 0 aliphatic heterocycles. The topological polar surface area (TPSA) is 72.2 Å². The third-order valence-electron chi connectivity index (χ3n) is 2.98. The fourth-order valence-electron chi connectivity index (χ4n) is 1.97. The van der Waals surface area contributed by atoms with Crippen molar-refractivity contribution >= 4 is 27.5 Å². The highest BCUT2D eigenvalue weighted by atomic mass is 32.1. The Hall–Kier alpha value is -2.47. The van der Waals surface area contributed by atoms with E-state index in [-0.39, 0.29) is 0 Å². The Morgan fingerprint density at radius 3 is 2.60 bits per heavy atom. The summed E-state index contributed by atoms with van der Waals surface area (Å²) in [5.74, 6) is -1.31. The fourth-order valence-corrected chi connectivity index (χ4v) is 2.78. The van der Waals surface area contributed by atoms with Crippen LogP contribution in [0.2, 0.25) is 0 Å². The molecule has 3 rings (SSSR count). The van der Waals surface area contributed by atoms with Crippen LogP contribution in [-0.2, 0) is 0 Å². The molecule has 0 saturated heterocycles. The quantitative estimate of drug-likeness (QED) is 0.785. The van der Waals surface area contributed by atoms with Crippen molar-refractivity contribution in [1.82, 2.24) is 9.78 Å². The fraction of sp³-hybridized carbons (Fsp3) is 0.0714. The Labute approximate surface area is 117 Å². The van der Waals surface area contributed by atoms with Crippen molar-refractivity contribution in [2.45, 2.75) is 6.92 Å². The minimum atomic E-state index is -1.31. The van der Waals surface area contributed by atoms with Crippen molar-refractivity contribution in [1.29, 1.82) is 0 Å².